The summed E-state index contributed by atoms with van der Waals surface area (Å²) >= 11 is 4.78. The predicted octanol–water partition coefficient (Wildman–Crippen LogP) is 2.27. The van der Waals surface area contributed by atoms with Crippen molar-refractivity contribution in [2.24, 2.45) is 5.73 Å². The highest BCUT2D eigenvalue weighted by molar-refractivity contribution is 7.89. The van der Waals surface area contributed by atoms with E-state index in [1.165, 1.54) is 16.4 Å². The largest absolute Gasteiger partial charge is 0.389 e. The Morgan fingerprint density at radius 2 is 1.85 bits per heavy atom. The van der Waals surface area contributed by atoms with Crippen LogP contribution in [-0.2, 0) is 10.0 Å². The molecule has 0 bridgehead atoms. The maximum absolute atomic E-state index is 13.8. The summed E-state index contributed by atoms with van der Waals surface area (Å²) in [6.07, 6.45) is 1.36. The summed E-state index contributed by atoms with van der Waals surface area (Å²) in [7, 11) is -3.80. The maximum atomic E-state index is 13.8. The van der Waals surface area contributed by atoms with E-state index in [1.54, 1.807) is 0 Å². The van der Waals surface area contributed by atoms with Gasteiger partial charge in [0.2, 0.25) is 10.0 Å². The summed E-state index contributed by atoms with van der Waals surface area (Å²) in [5, 5.41) is 0. The molecule has 0 amide bonds. The first-order valence-electron chi connectivity index (χ1n) is 6.44. The molecule has 0 heterocycles. The van der Waals surface area contributed by atoms with E-state index in [0.717, 1.165) is 6.07 Å². The van der Waals surface area contributed by atoms with Crippen LogP contribution >= 0.6 is 12.2 Å². The van der Waals surface area contributed by atoms with Gasteiger partial charge in [-0.1, -0.05) is 32.1 Å². The number of nitrogens with two attached hydrogens (primary N) is 1. The second kappa shape index (κ2) is 7.10. The summed E-state index contributed by atoms with van der Waals surface area (Å²) in [6.45, 7) is 4.53. The van der Waals surface area contributed by atoms with Crippen LogP contribution in [-0.4, -0.2) is 30.8 Å². The van der Waals surface area contributed by atoms with Crippen molar-refractivity contribution in [1.29, 1.82) is 0 Å². The fourth-order valence-corrected chi connectivity index (χ4v) is 4.06. The maximum Gasteiger partial charge on any atom is 0.243 e. The minimum atomic E-state index is -3.80. The van der Waals surface area contributed by atoms with Crippen LogP contribution in [0.2, 0.25) is 0 Å². The van der Waals surface area contributed by atoms with Gasteiger partial charge in [-0.3, -0.25) is 0 Å². The SMILES string of the molecule is CCCN(CCC)S(=O)(=O)c1cccc(F)c1C(N)=S. The van der Waals surface area contributed by atoms with E-state index < -0.39 is 15.8 Å². The molecule has 0 radical (unpaired) electrons. The number of benzene rings is 1. The zero-order valence-electron chi connectivity index (χ0n) is 11.6. The van der Waals surface area contributed by atoms with Crippen molar-refractivity contribution in [3.8, 4) is 0 Å². The zero-order chi connectivity index (χ0) is 15.3. The molecule has 1 aromatic carbocycles. The Balaban J connectivity index is 3.41. The monoisotopic (exact) mass is 318 g/mol. The second-order valence-electron chi connectivity index (χ2n) is 4.38. The third-order valence-electron chi connectivity index (χ3n) is 2.79. The first-order valence-corrected chi connectivity index (χ1v) is 8.29. The van der Waals surface area contributed by atoms with E-state index >= 15 is 0 Å². The molecule has 1 aromatic rings. The molecule has 0 aliphatic carbocycles. The third kappa shape index (κ3) is 3.53. The Kier molecular flexibility index (Phi) is 6.04. The molecule has 4 nitrogen and oxygen atoms in total. The summed E-state index contributed by atoms with van der Waals surface area (Å²) in [4.78, 5) is -0.415. The minimum Gasteiger partial charge on any atom is -0.389 e. The van der Waals surface area contributed by atoms with Crippen LogP contribution in [0.4, 0.5) is 4.39 Å². The van der Waals surface area contributed by atoms with Gasteiger partial charge in [-0.05, 0) is 25.0 Å². The quantitative estimate of drug-likeness (QED) is 0.783. The van der Waals surface area contributed by atoms with Gasteiger partial charge in [-0.15, -0.1) is 0 Å². The highest BCUT2D eigenvalue weighted by Gasteiger charge is 2.28. The average molecular weight is 318 g/mol. The first kappa shape index (κ1) is 17.0. The Hall–Kier alpha value is -1.05. The predicted molar refractivity (Wildman–Crippen MR) is 81.6 cm³/mol. The lowest BCUT2D eigenvalue weighted by atomic mass is 10.2. The van der Waals surface area contributed by atoms with Crippen LogP contribution in [0.15, 0.2) is 23.1 Å². The first-order chi connectivity index (χ1) is 9.36. The van der Waals surface area contributed by atoms with Crippen molar-refractivity contribution in [3.63, 3.8) is 0 Å². The molecule has 0 aliphatic rings. The van der Waals surface area contributed by atoms with Crippen LogP contribution in [0.3, 0.4) is 0 Å². The molecule has 7 heteroatoms. The van der Waals surface area contributed by atoms with Crippen LogP contribution in [0.5, 0.6) is 0 Å². The van der Waals surface area contributed by atoms with Gasteiger partial charge >= 0.3 is 0 Å². The summed E-state index contributed by atoms with van der Waals surface area (Å²) < 4.78 is 40.4. The minimum absolute atomic E-state index is 0.160. The lowest BCUT2D eigenvalue weighted by Gasteiger charge is -2.22. The molecule has 20 heavy (non-hydrogen) atoms. The normalized spacial score (nSPS) is 11.8. The smallest absolute Gasteiger partial charge is 0.243 e. The van der Waals surface area contributed by atoms with Crippen LogP contribution in [0, 0.1) is 5.82 Å². The molecule has 0 saturated heterocycles. The van der Waals surface area contributed by atoms with Gasteiger partial charge in [0.15, 0.2) is 0 Å². The van der Waals surface area contributed by atoms with Crippen LogP contribution in [0.25, 0.3) is 0 Å². The Morgan fingerprint density at radius 3 is 2.30 bits per heavy atom. The molecule has 0 aromatic heterocycles. The van der Waals surface area contributed by atoms with Crippen molar-refractivity contribution in [2.45, 2.75) is 31.6 Å². The summed E-state index contributed by atoms with van der Waals surface area (Å²) in [5.74, 6) is -0.716. The average Bonchev–Trinajstić information content (AvgIpc) is 2.37. The number of hydrogen-bond donors (Lipinski definition) is 1. The topological polar surface area (TPSA) is 63.4 Å². The zero-order valence-corrected chi connectivity index (χ0v) is 13.2. The summed E-state index contributed by atoms with van der Waals surface area (Å²) in [6, 6.07) is 3.84. The Morgan fingerprint density at radius 1 is 1.30 bits per heavy atom. The number of nitrogens with zero attached hydrogens (tertiary/aromatic N) is 1. The molecule has 112 valence electrons. The van der Waals surface area contributed by atoms with E-state index in [1.807, 2.05) is 13.8 Å². The van der Waals surface area contributed by atoms with E-state index in [-0.39, 0.29) is 15.4 Å². The number of halogens is 1. The highest BCUT2D eigenvalue weighted by Crippen LogP contribution is 2.23. The van der Waals surface area contributed by atoms with Gasteiger partial charge in [-0.2, -0.15) is 4.31 Å². The molecule has 0 saturated carbocycles. The van der Waals surface area contributed by atoms with Crippen molar-refractivity contribution in [1.82, 2.24) is 4.31 Å². The van der Waals surface area contributed by atoms with Gasteiger partial charge in [0.05, 0.1) is 10.5 Å². The third-order valence-corrected chi connectivity index (χ3v) is 4.93. The molecule has 0 unspecified atom stereocenters. The van der Waals surface area contributed by atoms with E-state index in [9.17, 15) is 12.8 Å². The van der Waals surface area contributed by atoms with Crippen molar-refractivity contribution in [3.05, 3.63) is 29.6 Å². The molecule has 0 atom stereocenters. The van der Waals surface area contributed by atoms with Gasteiger partial charge in [0.25, 0.3) is 0 Å². The molecule has 0 aliphatic heterocycles. The lowest BCUT2D eigenvalue weighted by molar-refractivity contribution is 0.409. The number of sulfonamides is 1. The van der Waals surface area contributed by atoms with Crippen molar-refractivity contribution in [2.75, 3.05) is 13.1 Å². The summed E-state index contributed by atoms with van der Waals surface area (Å²) in [5.41, 5.74) is 5.26. The van der Waals surface area contributed by atoms with E-state index in [4.69, 9.17) is 18.0 Å². The van der Waals surface area contributed by atoms with Crippen molar-refractivity contribution >= 4 is 27.2 Å². The fourth-order valence-electron chi connectivity index (χ4n) is 1.95. The fraction of sp³-hybridized carbons (Fsp3) is 0.462. The molecular formula is C13H19FN2O2S2. The van der Waals surface area contributed by atoms with Gasteiger partial charge in [0.1, 0.15) is 10.8 Å². The van der Waals surface area contributed by atoms with Crippen LogP contribution in [0.1, 0.15) is 32.3 Å². The molecule has 2 N–H and O–H groups in total. The standard InChI is InChI=1S/C13H19FN2O2S2/c1-3-8-16(9-4-2)20(17,18)11-7-5-6-10(14)12(11)13(15)19/h5-7H,3-4,8-9H2,1-2H3,(H2,15,19). The lowest BCUT2D eigenvalue weighted by Crippen LogP contribution is -2.34. The number of thiocarbonyl (C=S) groups is 1. The second-order valence-corrected chi connectivity index (χ2v) is 6.73. The van der Waals surface area contributed by atoms with Gasteiger partial charge in [0, 0.05) is 13.1 Å². The van der Waals surface area contributed by atoms with Gasteiger partial charge < -0.3 is 5.73 Å². The van der Waals surface area contributed by atoms with Crippen molar-refractivity contribution < 1.29 is 12.8 Å². The van der Waals surface area contributed by atoms with Crippen LogP contribution < -0.4 is 5.73 Å². The van der Waals surface area contributed by atoms with Gasteiger partial charge in [-0.25, -0.2) is 12.8 Å². The van der Waals surface area contributed by atoms with E-state index in [2.05, 4.69) is 0 Å². The Labute approximate surface area is 124 Å². The molecule has 0 spiro atoms. The molecule has 0 fully saturated rings. The number of rotatable bonds is 7. The highest BCUT2D eigenvalue weighted by atomic mass is 32.2. The Bertz CT molecular complexity index is 582. The van der Waals surface area contributed by atoms with E-state index in [0.29, 0.717) is 25.9 Å². The number of hydrogen-bond acceptors (Lipinski definition) is 3. The molecule has 1 rings (SSSR count). The molecular weight excluding hydrogens is 299 g/mol.